The summed E-state index contributed by atoms with van der Waals surface area (Å²) < 4.78 is 27.8. The summed E-state index contributed by atoms with van der Waals surface area (Å²) in [6.07, 6.45) is 0. The number of hydrogen-bond acceptors (Lipinski definition) is 3. The molecule has 0 spiro atoms. The van der Waals surface area contributed by atoms with E-state index >= 15 is 0 Å². The molecule has 156 valence electrons. The lowest BCUT2D eigenvalue weighted by Gasteiger charge is -2.25. The van der Waals surface area contributed by atoms with E-state index in [4.69, 9.17) is 23.2 Å². The largest absolute Gasteiger partial charge is 0.324 e. The molecule has 0 saturated heterocycles. The lowest BCUT2D eigenvalue weighted by atomic mass is 10.1. The molecule has 0 atom stereocenters. The topological polar surface area (TPSA) is 66.5 Å². The Kier molecular flexibility index (Phi) is 6.71. The van der Waals surface area contributed by atoms with Gasteiger partial charge >= 0.3 is 0 Å². The zero-order valence-corrected chi connectivity index (χ0v) is 18.7. The number of aryl methyl sites for hydroxylation is 2. The van der Waals surface area contributed by atoms with Crippen molar-refractivity contribution < 1.29 is 13.2 Å². The zero-order valence-electron chi connectivity index (χ0n) is 16.4. The Balaban J connectivity index is 1.97. The van der Waals surface area contributed by atoms with Gasteiger partial charge in [-0.1, -0.05) is 47.5 Å². The van der Waals surface area contributed by atoms with Crippen LogP contribution in [0.1, 0.15) is 11.1 Å². The van der Waals surface area contributed by atoms with E-state index in [1.165, 1.54) is 18.2 Å². The fourth-order valence-corrected chi connectivity index (χ4v) is 4.76. The molecule has 1 N–H and O–H groups in total. The number of sulfonamides is 1. The van der Waals surface area contributed by atoms with Gasteiger partial charge in [-0.05, 0) is 67.4 Å². The molecule has 3 aromatic rings. The van der Waals surface area contributed by atoms with Gasteiger partial charge in [0, 0.05) is 5.69 Å². The Morgan fingerprint density at radius 3 is 2.13 bits per heavy atom. The summed E-state index contributed by atoms with van der Waals surface area (Å²) in [5.74, 6) is -0.507. The van der Waals surface area contributed by atoms with E-state index in [0.29, 0.717) is 16.4 Å². The van der Waals surface area contributed by atoms with Crippen molar-refractivity contribution in [3.63, 3.8) is 0 Å². The van der Waals surface area contributed by atoms with E-state index in [1.807, 2.05) is 19.9 Å². The van der Waals surface area contributed by atoms with Crippen molar-refractivity contribution in [3.05, 3.63) is 87.9 Å². The summed E-state index contributed by atoms with van der Waals surface area (Å²) in [7, 11) is -3.96. The SMILES string of the molecule is Cc1cc(C)cc(N(CC(=O)Nc2ccc(Cl)c(Cl)c2)S(=O)(=O)c2ccccc2)c1. The molecular formula is C22H20Cl2N2O3S. The highest BCUT2D eigenvalue weighted by Gasteiger charge is 2.27. The standard InChI is InChI=1S/C22H20Cl2N2O3S/c1-15-10-16(2)12-18(11-15)26(30(28,29)19-6-4-3-5-7-19)14-22(27)25-17-8-9-20(23)21(24)13-17/h3-13H,14H2,1-2H3,(H,25,27). The number of carbonyl (C=O) groups is 1. The smallest absolute Gasteiger partial charge is 0.264 e. The second-order valence-corrected chi connectivity index (χ2v) is 9.52. The van der Waals surface area contributed by atoms with Crippen LogP contribution in [0.4, 0.5) is 11.4 Å². The van der Waals surface area contributed by atoms with Crippen molar-refractivity contribution in [1.29, 1.82) is 0 Å². The monoisotopic (exact) mass is 462 g/mol. The van der Waals surface area contributed by atoms with Crippen molar-refractivity contribution in [2.75, 3.05) is 16.2 Å². The van der Waals surface area contributed by atoms with Crippen LogP contribution >= 0.6 is 23.2 Å². The maximum absolute atomic E-state index is 13.3. The summed E-state index contributed by atoms with van der Waals surface area (Å²) in [4.78, 5) is 12.9. The van der Waals surface area contributed by atoms with Gasteiger partial charge in [-0.3, -0.25) is 9.10 Å². The molecule has 0 aliphatic rings. The predicted molar refractivity (Wildman–Crippen MR) is 122 cm³/mol. The van der Waals surface area contributed by atoms with Gasteiger partial charge in [-0.2, -0.15) is 0 Å². The fourth-order valence-electron chi connectivity index (χ4n) is 3.03. The van der Waals surface area contributed by atoms with Crippen LogP contribution in [0.15, 0.2) is 71.6 Å². The van der Waals surface area contributed by atoms with E-state index in [9.17, 15) is 13.2 Å². The Labute approximate surface area is 186 Å². The molecule has 0 bridgehead atoms. The summed E-state index contributed by atoms with van der Waals surface area (Å²) in [5, 5.41) is 3.32. The van der Waals surface area contributed by atoms with Crippen molar-refractivity contribution in [3.8, 4) is 0 Å². The van der Waals surface area contributed by atoms with Gasteiger partial charge < -0.3 is 5.32 Å². The second-order valence-electron chi connectivity index (χ2n) is 6.85. The van der Waals surface area contributed by atoms with Gasteiger partial charge in [0.15, 0.2) is 0 Å². The first-order valence-corrected chi connectivity index (χ1v) is 11.3. The number of nitrogens with zero attached hydrogens (tertiary/aromatic N) is 1. The number of carbonyl (C=O) groups excluding carboxylic acids is 1. The van der Waals surface area contributed by atoms with Crippen LogP contribution in [0.2, 0.25) is 10.0 Å². The van der Waals surface area contributed by atoms with Crippen LogP contribution in [0, 0.1) is 13.8 Å². The minimum Gasteiger partial charge on any atom is -0.324 e. The minimum atomic E-state index is -3.96. The summed E-state index contributed by atoms with van der Waals surface area (Å²) in [6, 6.07) is 18.1. The number of hydrogen-bond donors (Lipinski definition) is 1. The lowest BCUT2D eigenvalue weighted by Crippen LogP contribution is -2.38. The average molecular weight is 463 g/mol. The van der Waals surface area contributed by atoms with Gasteiger partial charge in [0.2, 0.25) is 5.91 Å². The van der Waals surface area contributed by atoms with E-state index in [-0.39, 0.29) is 9.92 Å². The third-order valence-electron chi connectivity index (χ3n) is 4.32. The number of rotatable bonds is 6. The molecule has 0 aliphatic heterocycles. The lowest BCUT2D eigenvalue weighted by molar-refractivity contribution is -0.114. The molecule has 0 saturated carbocycles. The normalized spacial score (nSPS) is 11.2. The molecule has 0 radical (unpaired) electrons. The van der Waals surface area contributed by atoms with Gasteiger partial charge in [0.25, 0.3) is 10.0 Å². The van der Waals surface area contributed by atoms with Gasteiger partial charge in [0.1, 0.15) is 6.54 Å². The highest BCUT2D eigenvalue weighted by Crippen LogP contribution is 2.27. The second kappa shape index (κ2) is 9.08. The van der Waals surface area contributed by atoms with E-state index in [0.717, 1.165) is 15.4 Å². The molecule has 8 heteroatoms. The number of amides is 1. The first-order valence-electron chi connectivity index (χ1n) is 9.08. The maximum atomic E-state index is 13.3. The van der Waals surface area contributed by atoms with Crippen LogP contribution in [0.3, 0.4) is 0 Å². The molecule has 3 aromatic carbocycles. The van der Waals surface area contributed by atoms with Gasteiger partial charge in [-0.15, -0.1) is 0 Å². The van der Waals surface area contributed by atoms with Crippen LogP contribution in [-0.4, -0.2) is 20.9 Å². The third kappa shape index (κ3) is 5.14. The van der Waals surface area contributed by atoms with E-state index in [1.54, 1.807) is 42.5 Å². The number of anilines is 2. The molecule has 0 unspecified atom stereocenters. The van der Waals surface area contributed by atoms with Crippen LogP contribution in [0.25, 0.3) is 0 Å². The number of nitrogens with one attached hydrogen (secondary N) is 1. The molecule has 0 fully saturated rings. The minimum absolute atomic E-state index is 0.103. The molecule has 5 nitrogen and oxygen atoms in total. The summed E-state index contributed by atoms with van der Waals surface area (Å²) in [6.45, 7) is 3.35. The molecule has 1 amide bonds. The first kappa shape index (κ1) is 22.2. The summed E-state index contributed by atoms with van der Waals surface area (Å²) >= 11 is 11.9. The third-order valence-corrected chi connectivity index (χ3v) is 6.84. The quantitative estimate of drug-likeness (QED) is 0.529. The number of benzene rings is 3. The van der Waals surface area contributed by atoms with Crippen molar-refractivity contribution in [2.45, 2.75) is 18.7 Å². The van der Waals surface area contributed by atoms with Crippen LogP contribution in [0.5, 0.6) is 0 Å². The fraction of sp³-hybridized carbons (Fsp3) is 0.136. The van der Waals surface area contributed by atoms with Crippen molar-refractivity contribution in [1.82, 2.24) is 0 Å². The molecular weight excluding hydrogens is 443 g/mol. The predicted octanol–water partition coefficient (Wildman–Crippen LogP) is 5.44. The van der Waals surface area contributed by atoms with E-state index in [2.05, 4.69) is 5.32 Å². The van der Waals surface area contributed by atoms with Crippen molar-refractivity contribution in [2.24, 2.45) is 0 Å². The molecule has 0 aliphatic carbocycles. The Hall–Kier alpha value is -2.54. The van der Waals surface area contributed by atoms with E-state index < -0.39 is 22.5 Å². The number of halogens is 2. The molecule has 0 aromatic heterocycles. The Bertz CT molecular complexity index is 1160. The molecule has 30 heavy (non-hydrogen) atoms. The Morgan fingerprint density at radius 2 is 1.53 bits per heavy atom. The van der Waals surface area contributed by atoms with Crippen LogP contribution < -0.4 is 9.62 Å². The van der Waals surface area contributed by atoms with Gasteiger partial charge in [-0.25, -0.2) is 8.42 Å². The average Bonchev–Trinajstić information content (AvgIpc) is 2.69. The highest BCUT2D eigenvalue weighted by molar-refractivity contribution is 7.92. The maximum Gasteiger partial charge on any atom is 0.264 e. The molecule has 0 heterocycles. The van der Waals surface area contributed by atoms with Gasteiger partial charge in [0.05, 0.1) is 20.6 Å². The molecule has 3 rings (SSSR count). The van der Waals surface area contributed by atoms with Crippen LogP contribution in [-0.2, 0) is 14.8 Å². The van der Waals surface area contributed by atoms with Crippen molar-refractivity contribution >= 4 is 50.5 Å². The summed E-state index contributed by atoms with van der Waals surface area (Å²) in [5.41, 5.74) is 2.62. The first-order chi connectivity index (χ1) is 14.2. The highest BCUT2D eigenvalue weighted by atomic mass is 35.5. The zero-order chi connectivity index (χ0) is 21.9. The Morgan fingerprint density at radius 1 is 0.900 bits per heavy atom.